The maximum Gasteiger partial charge on any atom is 0.407 e. The van der Waals surface area contributed by atoms with Crippen LogP contribution in [0.2, 0.25) is 0 Å². The summed E-state index contributed by atoms with van der Waals surface area (Å²) in [6.07, 6.45) is 11.7. The highest BCUT2D eigenvalue weighted by Gasteiger charge is 2.27. The lowest BCUT2D eigenvalue weighted by atomic mass is 9.84. The molecule has 0 unspecified atom stereocenters. The van der Waals surface area contributed by atoms with Crippen molar-refractivity contribution in [2.45, 2.75) is 128 Å². The summed E-state index contributed by atoms with van der Waals surface area (Å²) < 4.78 is 5.21. The van der Waals surface area contributed by atoms with Crippen molar-refractivity contribution < 1.29 is 30.0 Å². The highest BCUT2D eigenvalue weighted by Crippen LogP contribution is 2.28. The molecule has 0 radical (unpaired) electrons. The van der Waals surface area contributed by atoms with Gasteiger partial charge in [-0.25, -0.2) is 4.79 Å². The van der Waals surface area contributed by atoms with Gasteiger partial charge in [0, 0.05) is 6.04 Å². The van der Waals surface area contributed by atoms with Crippen molar-refractivity contribution in [1.82, 2.24) is 5.32 Å². The van der Waals surface area contributed by atoms with Gasteiger partial charge in [-0.1, -0.05) is 64.2 Å². The second kappa shape index (κ2) is 15.9. The quantitative estimate of drug-likeness (QED) is 0.301. The molecule has 196 valence electrons. The Hall–Kier alpha value is -0.930. The molecule has 2 saturated carbocycles. The van der Waals surface area contributed by atoms with Gasteiger partial charge in [0.1, 0.15) is 5.60 Å². The lowest BCUT2D eigenvalue weighted by Gasteiger charge is -2.30. The molecule has 33 heavy (non-hydrogen) atoms. The molecule has 2 aliphatic carbocycles. The number of carbonyl (C=O) groups excluding carboxylic acids is 1. The standard InChI is InChI=1S/C15H29NO4.C10H21NO2/c1-15(2,3)20-14(19)16-12(13(18)10-17)9-11-7-5-4-6-8-11;11-9(10(13)7-12)6-8-4-2-1-3-5-8/h11-13,17-18H,4-10H2,1-3H3,(H,16,19);8-10,12-13H,1-7,11H2/t12-,13-;9-,10-/m00/s1. The summed E-state index contributed by atoms with van der Waals surface area (Å²) in [4.78, 5) is 11.8. The molecule has 0 aromatic rings. The largest absolute Gasteiger partial charge is 0.444 e. The number of hydrogen-bond acceptors (Lipinski definition) is 7. The van der Waals surface area contributed by atoms with Gasteiger partial charge in [0.2, 0.25) is 0 Å². The van der Waals surface area contributed by atoms with Crippen LogP contribution in [0.3, 0.4) is 0 Å². The Bertz CT molecular complexity index is 516. The van der Waals surface area contributed by atoms with Crippen molar-refractivity contribution >= 4 is 6.09 Å². The molecule has 2 aliphatic rings. The Balaban J connectivity index is 0.000000361. The van der Waals surface area contributed by atoms with Crippen molar-refractivity contribution in [3.63, 3.8) is 0 Å². The minimum absolute atomic E-state index is 0.214. The molecule has 0 saturated heterocycles. The zero-order chi connectivity index (χ0) is 24.9. The van der Waals surface area contributed by atoms with Gasteiger partial charge >= 0.3 is 6.09 Å². The molecule has 0 heterocycles. The minimum Gasteiger partial charge on any atom is -0.444 e. The summed E-state index contributed by atoms with van der Waals surface area (Å²) in [6, 6.07) is -0.689. The van der Waals surface area contributed by atoms with Crippen LogP contribution in [-0.4, -0.2) is 69.6 Å². The predicted molar refractivity (Wildman–Crippen MR) is 130 cm³/mol. The maximum absolute atomic E-state index is 11.8. The highest BCUT2D eigenvalue weighted by atomic mass is 16.6. The third kappa shape index (κ3) is 13.5. The van der Waals surface area contributed by atoms with E-state index in [0.29, 0.717) is 18.3 Å². The molecule has 8 nitrogen and oxygen atoms in total. The monoisotopic (exact) mass is 474 g/mol. The van der Waals surface area contributed by atoms with E-state index >= 15 is 0 Å². The average Bonchev–Trinajstić information content (AvgIpc) is 2.78. The summed E-state index contributed by atoms with van der Waals surface area (Å²) in [5.74, 6) is 1.18. The Morgan fingerprint density at radius 1 is 0.879 bits per heavy atom. The fourth-order valence-corrected chi connectivity index (χ4v) is 4.78. The van der Waals surface area contributed by atoms with Crippen molar-refractivity contribution in [2.75, 3.05) is 13.2 Å². The molecule has 1 amide bonds. The number of rotatable bonds is 9. The number of carbonyl (C=O) groups is 1. The van der Waals surface area contributed by atoms with Crippen LogP contribution in [0.15, 0.2) is 0 Å². The smallest absolute Gasteiger partial charge is 0.407 e. The topological polar surface area (TPSA) is 145 Å². The molecule has 8 heteroatoms. The van der Waals surface area contributed by atoms with Crippen molar-refractivity contribution in [2.24, 2.45) is 17.6 Å². The average molecular weight is 475 g/mol. The Morgan fingerprint density at radius 3 is 1.76 bits per heavy atom. The zero-order valence-corrected chi connectivity index (χ0v) is 21.0. The lowest BCUT2D eigenvalue weighted by Crippen LogP contribution is -2.47. The first kappa shape index (κ1) is 30.1. The van der Waals surface area contributed by atoms with E-state index in [-0.39, 0.29) is 19.3 Å². The highest BCUT2D eigenvalue weighted by molar-refractivity contribution is 5.68. The Morgan fingerprint density at radius 2 is 1.33 bits per heavy atom. The van der Waals surface area contributed by atoms with Gasteiger partial charge in [0.05, 0.1) is 31.5 Å². The van der Waals surface area contributed by atoms with Crippen LogP contribution in [0.4, 0.5) is 4.79 Å². The number of amides is 1. The van der Waals surface area contributed by atoms with Crippen LogP contribution >= 0.6 is 0 Å². The van der Waals surface area contributed by atoms with Gasteiger partial charge in [0.15, 0.2) is 0 Å². The summed E-state index contributed by atoms with van der Waals surface area (Å²) in [7, 11) is 0. The maximum atomic E-state index is 11.8. The number of ether oxygens (including phenoxy) is 1. The van der Waals surface area contributed by atoms with Gasteiger partial charge < -0.3 is 36.2 Å². The summed E-state index contributed by atoms with van der Waals surface area (Å²) in [5, 5.41) is 39.7. The Kier molecular flexibility index (Phi) is 14.5. The second-order valence-electron chi connectivity index (χ2n) is 10.9. The number of nitrogens with two attached hydrogens (primary N) is 1. The predicted octanol–water partition coefficient (Wildman–Crippen LogP) is 2.84. The third-order valence-electron chi connectivity index (χ3n) is 6.68. The molecule has 2 rings (SSSR count). The third-order valence-corrected chi connectivity index (χ3v) is 6.68. The van der Waals surface area contributed by atoms with Gasteiger partial charge in [0.25, 0.3) is 0 Å². The van der Waals surface area contributed by atoms with Crippen molar-refractivity contribution in [3.8, 4) is 0 Å². The SMILES string of the molecule is CC(C)(C)OC(=O)N[C@@H](CC1CCCCC1)[C@@H](O)CO.N[C@@H](CC1CCCCC1)[C@@H](O)CO. The van der Waals surface area contributed by atoms with E-state index in [1.54, 1.807) is 20.8 Å². The molecule has 0 spiro atoms. The first-order chi connectivity index (χ1) is 15.6. The first-order valence-corrected chi connectivity index (χ1v) is 12.9. The van der Waals surface area contributed by atoms with Gasteiger partial charge in [-0.3, -0.25) is 0 Å². The van der Waals surface area contributed by atoms with Crippen LogP contribution < -0.4 is 11.1 Å². The first-order valence-electron chi connectivity index (χ1n) is 12.9. The molecule has 0 aromatic carbocycles. The number of nitrogens with one attached hydrogen (secondary N) is 1. The molecule has 0 bridgehead atoms. The van der Waals surface area contributed by atoms with Gasteiger partial charge in [-0.15, -0.1) is 0 Å². The number of alkyl carbamates (subject to hydrolysis) is 1. The molecule has 2 fully saturated rings. The van der Waals surface area contributed by atoms with Gasteiger partial charge in [-0.2, -0.15) is 0 Å². The lowest BCUT2D eigenvalue weighted by molar-refractivity contribution is 0.0267. The number of aliphatic hydroxyl groups is 4. The summed E-state index contributed by atoms with van der Waals surface area (Å²) >= 11 is 0. The van der Waals surface area contributed by atoms with E-state index in [1.807, 2.05) is 0 Å². The summed E-state index contributed by atoms with van der Waals surface area (Å²) in [6.45, 7) is 4.82. The van der Waals surface area contributed by atoms with Crippen molar-refractivity contribution in [1.29, 1.82) is 0 Å². The van der Waals surface area contributed by atoms with E-state index in [2.05, 4.69) is 5.32 Å². The molecule has 4 atom stereocenters. The van der Waals surface area contributed by atoms with E-state index in [9.17, 15) is 15.0 Å². The molecule has 0 aliphatic heterocycles. The molecule has 0 aromatic heterocycles. The Labute approximate surface area is 200 Å². The van der Waals surface area contributed by atoms with E-state index in [4.69, 9.17) is 20.7 Å². The molecule has 7 N–H and O–H groups in total. The number of aliphatic hydroxyl groups excluding tert-OH is 4. The summed E-state index contributed by atoms with van der Waals surface area (Å²) in [5.41, 5.74) is 5.18. The van der Waals surface area contributed by atoms with Gasteiger partial charge in [-0.05, 0) is 45.4 Å². The van der Waals surface area contributed by atoms with Crippen LogP contribution in [0, 0.1) is 11.8 Å². The molecular weight excluding hydrogens is 424 g/mol. The zero-order valence-electron chi connectivity index (χ0n) is 21.0. The van der Waals surface area contributed by atoms with Crippen LogP contribution in [0.5, 0.6) is 0 Å². The normalized spacial score (nSPS) is 21.8. The minimum atomic E-state index is -0.940. The second-order valence-corrected chi connectivity index (χ2v) is 10.9. The van der Waals surface area contributed by atoms with E-state index in [0.717, 1.165) is 19.3 Å². The van der Waals surface area contributed by atoms with E-state index < -0.39 is 29.9 Å². The van der Waals surface area contributed by atoms with Crippen molar-refractivity contribution in [3.05, 3.63) is 0 Å². The number of hydrogen-bond donors (Lipinski definition) is 6. The fourth-order valence-electron chi connectivity index (χ4n) is 4.78. The van der Waals surface area contributed by atoms with Crippen LogP contribution in [0.1, 0.15) is 97.8 Å². The fraction of sp³-hybridized carbons (Fsp3) is 0.960. The molecular formula is C25H50N2O6. The van der Waals surface area contributed by atoms with Crippen LogP contribution in [-0.2, 0) is 4.74 Å². The van der Waals surface area contributed by atoms with Crippen LogP contribution in [0.25, 0.3) is 0 Å². The van der Waals surface area contributed by atoms with E-state index in [1.165, 1.54) is 51.4 Å².